The van der Waals surface area contributed by atoms with Crippen molar-refractivity contribution >= 4 is 57.7 Å². The number of aryl methyl sites for hydroxylation is 1. The summed E-state index contributed by atoms with van der Waals surface area (Å²) in [7, 11) is 0. The number of hydrogen-bond donors (Lipinski definition) is 3. The summed E-state index contributed by atoms with van der Waals surface area (Å²) in [6.45, 7) is 3.79. The van der Waals surface area contributed by atoms with Crippen molar-refractivity contribution in [3.63, 3.8) is 0 Å². The highest BCUT2D eigenvalue weighted by atomic mass is 32.2. The molecule has 10 heteroatoms. The first-order valence-electron chi connectivity index (χ1n) is 14.0. The molecule has 5 rings (SSSR count). The van der Waals surface area contributed by atoms with Crippen molar-refractivity contribution in [2.24, 2.45) is 0 Å². The smallest absolute Gasteiger partial charge is 0.272 e. The number of aromatic nitrogens is 1. The molecule has 1 unspecified atom stereocenters. The molecule has 7 nitrogen and oxygen atoms in total. The average Bonchev–Trinajstić information content (AvgIpc) is 3.42. The Bertz CT molecular complexity index is 1830. The summed E-state index contributed by atoms with van der Waals surface area (Å²) >= 11 is 2.81. The van der Waals surface area contributed by atoms with Gasteiger partial charge in [0.1, 0.15) is 11.5 Å². The SMILES string of the molecule is Cc1sc(NC(=O)C(C)Sc2ccc(NC(=O)/C(=C/c3ccc(F)cc3)NC(=O)c3ccccc3)cc2)nc1-c1ccccc1. The van der Waals surface area contributed by atoms with Crippen LogP contribution in [0.3, 0.4) is 0 Å². The van der Waals surface area contributed by atoms with Gasteiger partial charge in [-0.1, -0.05) is 60.7 Å². The van der Waals surface area contributed by atoms with Crippen LogP contribution in [-0.2, 0) is 9.59 Å². The van der Waals surface area contributed by atoms with Gasteiger partial charge in [0.05, 0.1) is 10.9 Å². The second-order valence-corrected chi connectivity index (χ2v) is 12.6. The lowest BCUT2D eigenvalue weighted by molar-refractivity contribution is -0.115. The first-order valence-corrected chi connectivity index (χ1v) is 15.7. The van der Waals surface area contributed by atoms with Crippen LogP contribution in [0.1, 0.15) is 27.7 Å². The van der Waals surface area contributed by atoms with Crippen LogP contribution in [0.5, 0.6) is 0 Å². The van der Waals surface area contributed by atoms with Gasteiger partial charge in [-0.15, -0.1) is 23.1 Å². The van der Waals surface area contributed by atoms with E-state index in [-0.39, 0.29) is 11.6 Å². The van der Waals surface area contributed by atoms with Gasteiger partial charge in [-0.2, -0.15) is 0 Å². The molecule has 0 saturated carbocycles. The van der Waals surface area contributed by atoms with E-state index in [0.717, 1.165) is 21.0 Å². The molecule has 0 radical (unpaired) electrons. The molecule has 0 bridgehead atoms. The van der Waals surface area contributed by atoms with Crippen LogP contribution in [0.2, 0.25) is 0 Å². The summed E-state index contributed by atoms with van der Waals surface area (Å²) in [6, 6.07) is 31.0. The van der Waals surface area contributed by atoms with Crippen molar-refractivity contribution < 1.29 is 18.8 Å². The molecule has 0 saturated heterocycles. The standard InChI is InChI=1S/C35H29FN4O3S2/c1-22-31(25-9-5-3-6-10-25)39-35(45-22)40-32(41)23(2)44-29-19-17-28(18-20-29)37-34(43)30(21-24-13-15-27(36)16-14-24)38-33(42)26-11-7-4-8-12-26/h3-21,23H,1-2H3,(H,37,43)(H,38,42)(H,39,40,41)/b30-21-. The van der Waals surface area contributed by atoms with E-state index in [2.05, 4.69) is 20.9 Å². The highest BCUT2D eigenvalue weighted by Crippen LogP contribution is 2.31. The van der Waals surface area contributed by atoms with E-state index in [0.29, 0.717) is 21.9 Å². The third kappa shape index (κ3) is 8.53. The van der Waals surface area contributed by atoms with Gasteiger partial charge >= 0.3 is 0 Å². The lowest BCUT2D eigenvalue weighted by atomic mass is 10.1. The van der Waals surface area contributed by atoms with Crippen LogP contribution < -0.4 is 16.0 Å². The Morgan fingerprint density at radius 2 is 1.49 bits per heavy atom. The fourth-order valence-corrected chi connectivity index (χ4v) is 5.97. The molecule has 45 heavy (non-hydrogen) atoms. The van der Waals surface area contributed by atoms with Crippen molar-refractivity contribution in [3.05, 3.63) is 137 Å². The monoisotopic (exact) mass is 636 g/mol. The zero-order valence-corrected chi connectivity index (χ0v) is 26.0. The highest BCUT2D eigenvalue weighted by Gasteiger charge is 2.19. The molecule has 1 atom stereocenters. The predicted molar refractivity (Wildman–Crippen MR) is 180 cm³/mol. The summed E-state index contributed by atoms with van der Waals surface area (Å²) in [5, 5.41) is 8.52. The van der Waals surface area contributed by atoms with Gasteiger partial charge in [0.15, 0.2) is 5.13 Å². The number of thioether (sulfide) groups is 1. The maximum Gasteiger partial charge on any atom is 0.272 e. The van der Waals surface area contributed by atoms with Gasteiger partial charge in [0.25, 0.3) is 11.8 Å². The van der Waals surface area contributed by atoms with E-state index >= 15 is 0 Å². The molecule has 3 N–H and O–H groups in total. The molecule has 1 aromatic heterocycles. The fourth-order valence-electron chi connectivity index (χ4n) is 4.26. The topological polar surface area (TPSA) is 100 Å². The Morgan fingerprint density at radius 1 is 0.844 bits per heavy atom. The summed E-state index contributed by atoms with van der Waals surface area (Å²) in [5.74, 6) is -1.59. The average molecular weight is 637 g/mol. The lowest BCUT2D eigenvalue weighted by Crippen LogP contribution is -2.30. The lowest BCUT2D eigenvalue weighted by Gasteiger charge is -2.13. The molecule has 1 heterocycles. The minimum Gasteiger partial charge on any atom is -0.321 e. The minimum absolute atomic E-state index is 0.00736. The van der Waals surface area contributed by atoms with E-state index < -0.39 is 22.9 Å². The van der Waals surface area contributed by atoms with Crippen LogP contribution in [0.4, 0.5) is 15.2 Å². The molecule has 0 spiro atoms. The van der Waals surface area contributed by atoms with Gasteiger partial charge in [0, 0.05) is 26.6 Å². The van der Waals surface area contributed by atoms with Crippen LogP contribution >= 0.6 is 23.1 Å². The van der Waals surface area contributed by atoms with Crippen LogP contribution in [0.25, 0.3) is 17.3 Å². The number of anilines is 2. The van der Waals surface area contributed by atoms with Gasteiger partial charge in [-0.25, -0.2) is 9.37 Å². The third-order valence-corrected chi connectivity index (χ3v) is 8.58. The number of benzene rings is 4. The molecular weight excluding hydrogens is 608 g/mol. The second-order valence-electron chi connectivity index (χ2n) is 9.95. The first kappa shape index (κ1) is 31.4. The number of rotatable bonds is 10. The predicted octanol–water partition coefficient (Wildman–Crippen LogP) is 7.79. The Kier molecular flexibility index (Phi) is 10.2. The van der Waals surface area contributed by atoms with Crippen molar-refractivity contribution in [1.82, 2.24) is 10.3 Å². The van der Waals surface area contributed by atoms with E-state index in [9.17, 15) is 18.8 Å². The van der Waals surface area contributed by atoms with Gasteiger partial charge < -0.3 is 16.0 Å². The van der Waals surface area contributed by atoms with Crippen molar-refractivity contribution in [2.75, 3.05) is 10.6 Å². The van der Waals surface area contributed by atoms with E-state index in [1.54, 1.807) is 54.6 Å². The molecular formula is C35H29FN4O3S2. The fraction of sp³-hybridized carbons (Fsp3) is 0.0857. The zero-order chi connectivity index (χ0) is 31.8. The van der Waals surface area contributed by atoms with E-state index in [1.165, 1.54) is 53.4 Å². The van der Waals surface area contributed by atoms with Gasteiger partial charge in [-0.3, -0.25) is 14.4 Å². The number of amides is 3. The zero-order valence-electron chi connectivity index (χ0n) is 24.4. The molecule has 0 aliphatic carbocycles. The Balaban J connectivity index is 1.22. The van der Waals surface area contributed by atoms with Crippen molar-refractivity contribution in [1.29, 1.82) is 0 Å². The number of nitrogens with one attached hydrogen (secondary N) is 3. The number of halogens is 1. The van der Waals surface area contributed by atoms with Gasteiger partial charge in [-0.05, 0) is 74.0 Å². The van der Waals surface area contributed by atoms with Crippen molar-refractivity contribution in [2.45, 2.75) is 24.0 Å². The highest BCUT2D eigenvalue weighted by molar-refractivity contribution is 8.00. The molecule has 0 aliphatic heterocycles. The molecule has 0 aliphatic rings. The molecule has 5 aromatic rings. The number of thiazole rings is 1. The summed E-state index contributed by atoms with van der Waals surface area (Å²) in [5.41, 5.74) is 3.26. The van der Waals surface area contributed by atoms with Crippen molar-refractivity contribution in [3.8, 4) is 11.3 Å². The molecule has 3 amide bonds. The van der Waals surface area contributed by atoms with Gasteiger partial charge in [0.2, 0.25) is 5.91 Å². The second kappa shape index (κ2) is 14.6. The maximum atomic E-state index is 13.4. The number of nitrogens with zero attached hydrogens (tertiary/aromatic N) is 1. The number of hydrogen-bond acceptors (Lipinski definition) is 6. The van der Waals surface area contributed by atoms with E-state index in [1.807, 2.05) is 44.2 Å². The van der Waals surface area contributed by atoms with Crippen LogP contribution in [-0.4, -0.2) is 28.0 Å². The summed E-state index contributed by atoms with van der Waals surface area (Å²) in [4.78, 5) is 45.5. The quantitative estimate of drug-likeness (QED) is 0.107. The summed E-state index contributed by atoms with van der Waals surface area (Å²) in [6.07, 6.45) is 1.48. The largest absolute Gasteiger partial charge is 0.321 e. The summed E-state index contributed by atoms with van der Waals surface area (Å²) < 4.78 is 13.4. The molecule has 0 fully saturated rings. The Labute approximate surface area is 268 Å². The minimum atomic E-state index is -0.551. The first-order chi connectivity index (χ1) is 21.7. The molecule has 4 aromatic carbocycles. The number of carbonyl (C=O) groups excluding carboxylic acids is 3. The third-order valence-electron chi connectivity index (χ3n) is 6.58. The van der Waals surface area contributed by atoms with E-state index in [4.69, 9.17) is 0 Å². The van der Waals surface area contributed by atoms with Crippen LogP contribution in [0.15, 0.2) is 120 Å². The maximum absolute atomic E-state index is 13.4. The Morgan fingerprint density at radius 3 is 2.16 bits per heavy atom. The molecule has 226 valence electrons. The normalized spacial score (nSPS) is 11.8. The Hall–Kier alpha value is -5.06. The number of carbonyl (C=O) groups is 3. The van der Waals surface area contributed by atoms with Crippen LogP contribution in [0, 0.1) is 12.7 Å².